The number of pyridine rings is 1. The van der Waals surface area contributed by atoms with Gasteiger partial charge in [0.1, 0.15) is 11.9 Å². The Kier molecular flexibility index (Phi) is 6.35. The molecule has 2 atom stereocenters. The molecule has 1 amide bonds. The van der Waals surface area contributed by atoms with Crippen molar-refractivity contribution < 1.29 is 28.2 Å². The van der Waals surface area contributed by atoms with E-state index in [1.54, 1.807) is 18.2 Å². The molecule has 0 unspecified atom stereocenters. The SMILES string of the molecule is O=CN[C@H](O)[C@@H](O)c1cccc(N2CCc3c(cccc3-c3ccc(C(F)(F)F)cc3)C2)n1. The molecule has 2 aromatic carbocycles. The summed E-state index contributed by atoms with van der Waals surface area (Å²) in [6, 6.07) is 16.0. The lowest BCUT2D eigenvalue weighted by Gasteiger charge is -2.31. The van der Waals surface area contributed by atoms with Crippen LogP contribution in [0.4, 0.5) is 19.0 Å². The summed E-state index contributed by atoms with van der Waals surface area (Å²) in [5, 5.41) is 22.1. The van der Waals surface area contributed by atoms with Crippen LogP contribution in [-0.2, 0) is 23.9 Å². The number of halogens is 3. The molecule has 1 aromatic heterocycles. The van der Waals surface area contributed by atoms with Gasteiger partial charge in [-0.2, -0.15) is 13.2 Å². The lowest BCUT2D eigenvalue weighted by Crippen LogP contribution is -2.35. The first kappa shape index (κ1) is 22.8. The van der Waals surface area contributed by atoms with Crippen molar-refractivity contribution >= 4 is 12.2 Å². The number of alkyl halides is 3. The fourth-order valence-corrected chi connectivity index (χ4v) is 4.02. The van der Waals surface area contributed by atoms with E-state index in [1.807, 2.05) is 23.1 Å². The van der Waals surface area contributed by atoms with E-state index in [2.05, 4.69) is 10.3 Å². The third-order valence-corrected chi connectivity index (χ3v) is 5.71. The number of carbonyl (C=O) groups is 1. The second kappa shape index (κ2) is 9.21. The number of benzene rings is 2. The van der Waals surface area contributed by atoms with Crippen LogP contribution in [0.5, 0.6) is 0 Å². The van der Waals surface area contributed by atoms with Crippen molar-refractivity contribution in [3.05, 3.63) is 83.0 Å². The Morgan fingerprint density at radius 3 is 2.45 bits per heavy atom. The number of hydrogen-bond donors (Lipinski definition) is 3. The maximum absolute atomic E-state index is 12.9. The lowest BCUT2D eigenvalue weighted by molar-refractivity contribution is -0.137. The third-order valence-electron chi connectivity index (χ3n) is 5.71. The number of anilines is 1. The molecule has 0 radical (unpaired) electrons. The number of amides is 1. The average molecular weight is 457 g/mol. The highest BCUT2D eigenvalue weighted by Crippen LogP contribution is 2.34. The van der Waals surface area contributed by atoms with Gasteiger partial charge in [-0.25, -0.2) is 4.98 Å². The van der Waals surface area contributed by atoms with Gasteiger partial charge in [-0.15, -0.1) is 0 Å². The molecule has 1 aliphatic rings. The van der Waals surface area contributed by atoms with Gasteiger partial charge in [0.2, 0.25) is 6.41 Å². The van der Waals surface area contributed by atoms with Gasteiger partial charge in [0.05, 0.1) is 11.3 Å². The highest BCUT2D eigenvalue weighted by molar-refractivity contribution is 5.70. The summed E-state index contributed by atoms with van der Waals surface area (Å²) in [5.41, 5.74) is 3.29. The number of carbonyl (C=O) groups excluding carboxylic acids is 1. The molecule has 3 aromatic rings. The number of rotatable bonds is 6. The largest absolute Gasteiger partial charge is 0.416 e. The van der Waals surface area contributed by atoms with E-state index in [9.17, 15) is 28.2 Å². The Morgan fingerprint density at radius 2 is 1.76 bits per heavy atom. The minimum absolute atomic E-state index is 0.221. The highest BCUT2D eigenvalue weighted by Gasteiger charge is 2.30. The number of nitrogens with one attached hydrogen (secondary N) is 1. The molecule has 0 saturated heterocycles. The van der Waals surface area contributed by atoms with E-state index in [0.29, 0.717) is 31.7 Å². The number of nitrogens with zero attached hydrogens (tertiary/aromatic N) is 2. The first-order valence-electron chi connectivity index (χ1n) is 10.3. The topological polar surface area (TPSA) is 85.7 Å². The molecule has 4 rings (SSSR count). The Labute approximate surface area is 188 Å². The van der Waals surface area contributed by atoms with Crippen molar-refractivity contribution in [3.8, 4) is 11.1 Å². The van der Waals surface area contributed by atoms with Gasteiger partial charge >= 0.3 is 6.18 Å². The number of aliphatic hydroxyl groups excluding tert-OH is 2. The Hall–Kier alpha value is -3.43. The molecule has 33 heavy (non-hydrogen) atoms. The van der Waals surface area contributed by atoms with E-state index in [1.165, 1.54) is 12.1 Å². The molecule has 172 valence electrons. The molecule has 3 N–H and O–H groups in total. The first-order valence-corrected chi connectivity index (χ1v) is 10.3. The van der Waals surface area contributed by atoms with Crippen LogP contribution < -0.4 is 10.2 Å². The fraction of sp³-hybridized carbons (Fsp3) is 0.250. The molecular weight excluding hydrogens is 435 g/mol. The quantitative estimate of drug-likeness (QED) is 0.390. The predicted molar refractivity (Wildman–Crippen MR) is 116 cm³/mol. The summed E-state index contributed by atoms with van der Waals surface area (Å²) >= 11 is 0. The fourth-order valence-electron chi connectivity index (χ4n) is 4.02. The summed E-state index contributed by atoms with van der Waals surface area (Å²) in [5.74, 6) is 0.607. The van der Waals surface area contributed by atoms with Crippen LogP contribution in [0, 0.1) is 0 Å². The van der Waals surface area contributed by atoms with Crippen molar-refractivity contribution in [2.75, 3.05) is 11.4 Å². The molecule has 0 bridgehead atoms. The zero-order valence-electron chi connectivity index (χ0n) is 17.5. The monoisotopic (exact) mass is 457 g/mol. The second-order valence-corrected chi connectivity index (χ2v) is 7.78. The Balaban J connectivity index is 1.57. The first-order chi connectivity index (χ1) is 15.8. The zero-order valence-corrected chi connectivity index (χ0v) is 17.5. The Morgan fingerprint density at radius 1 is 1.03 bits per heavy atom. The molecule has 0 fully saturated rings. The number of aromatic nitrogens is 1. The molecule has 2 heterocycles. The predicted octanol–water partition coefficient (Wildman–Crippen LogP) is 3.43. The van der Waals surface area contributed by atoms with Gasteiger partial charge < -0.3 is 20.4 Å². The maximum Gasteiger partial charge on any atom is 0.416 e. The van der Waals surface area contributed by atoms with Gasteiger partial charge in [-0.05, 0) is 52.9 Å². The molecule has 6 nitrogen and oxygen atoms in total. The standard InChI is InChI=1S/C24H22F3N3O3/c25-24(26,27)17-9-7-15(8-10-17)18-4-1-3-16-13-30(12-11-19(16)18)21-6-2-5-20(29-21)22(32)23(33)28-14-31/h1-10,14,22-23,32-33H,11-13H2,(H,28,31)/t22-,23+/m0/s1. The van der Waals surface area contributed by atoms with Crippen LogP contribution in [0.25, 0.3) is 11.1 Å². The molecule has 0 saturated carbocycles. The van der Waals surface area contributed by atoms with Crippen molar-refractivity contribution in [2.45, 2.75) is 31.5 Å². The molecular formula is C24H22F3N3O3. The zero-order chi connectivity index (χ0) is 23.6. The van der Waals surface area contributed by atoms with Crippen LogP contribution in [0.15, 0.2) is 60.7 Å². The summed E-state index contributed by atoms with van der Waals surface area (Å²) in [6.45, 7) is 1.15. The van der Waals surface area contributed by atoms with Crippen molar-refractivity contribution in [3.63, 3.8) is 0 Å². The average Bonchev–Trinajstić information content (AvgIpc) is 2.82. The molecule has 1 aliphatic heterocycles. The van der Waals surface area contributed by atoms with Crippen molar-refractivity contribution in [1.82, 2.24) is 10.3 Å². The minimum atomic E-state index is -4.37. The van der Waals surface area contributed by atoms with Gasteiger partial charge in [-0.1, -0.05) is 36.4 Å². The van der Waals surface area contributed by atoms with Crippen LogP contribution in [0.3, 0.4) is 0 Å². The summed E-state index contributed by atoms with van der Waals surface area (Å²) < 4.78 is 38.7. The van der Waals surface area contributed by atoms with E-state index in [0.717, 1.165) is 34.4 Å². The van der Waals surface area contributed by atoms with Gasteiger partial charge in [0.25, 0.3) is 0 Å². The summed E-state index contributed by atoms with van der Waals surface area (Å²) in [7, 11) is 0. The summed E-state index contributed by atoms with van der Waals surface area (Å²) in [4.78, 5) is 17.0. The van der Waals surface area contributed by atoms with Gasteiger partial charge in [-0.3, -0.25) is 4.79 Å². The van der Waals surface area contributed by atoms with Crippen LogP contribution in [0.2, 0.25) is 0 Å². The number of fused-ring (bicyclic) bond motifs is 1. The van der Waals surface area contributed by atoms with Crippen molar-refractivity contribution in [1.29, 1.82) is 0 Å². The molecule has 0 aliphatic carbocycles. The normalized spacial score (nSPS) is 15.5. The summed E-state index contributed by atoms with van der Waals surface area (Å²) in [6.07, 6.45) is -6.26. The molecule has 9 heteroatoms. The smallest absolute Gasteiger partial charge is 0.382 e. The van der Waals surface area contributed by atoms with E-state index in [-0.39, 0.29) is 5.69 Å². The number of hydrogen-bond acceptors (Lipinski definition) is 5. The van der Waals surface area contributed by atoms with E-state index >= 15 is 0 Å². The van der Waals surface area contributed by atoms with Crippen LogP contribution in [-0.4, -0.2) is 34.4 Å². The maximum atomic E-state index is 12.9. The van der Waals surface area contributed by atoms with Crippen LogP contribution >= 0.6 is 0 Å². The Bertz CT molecular complexity index is 1140. The van der Waals surface area contributed by atoms with Gasteiger partial charge in [0.15, 0.2) is 6.23 Å². The van der Waals surface area contributed by atoms with E-state index in [4.69, 9.17) is 0 Å². The van der Waals surface area contributed by atoms with E-state index < -0.39 is 24.1 Å². The minimum Gasteiger partial charge on any atom is -0.382 e. The number of aliphatic hydroxyl groups is 2. The highest BCUT2D eigenvalue weighted by atomic mass is 19.4. The lowest BCUT2D eigenvalue weighted by atomic mass is 9.90. The third kappa shape index (κ3) is 4.84. The van der Waals surface area contributed by atoms with Gasteiger partial charge in [0, 0.05) is 13.1 Å². The van der Waals surface area contributed by atoms with Crippen molar-refractivity contribution in [2.24, 2.45) is 0 Å². The van der Waals surface area contributed by atoms with Crippen LogP contribution in [0.1, 0.15) is 28.5 Å². The molecule has 0 spiro atoms. The second-order valence-electron chi connectivity index (χ2n) is 7.78.